The fourth-order valence-electron chi connectivity index (χ4n) is 3.59. The van der Waals surface area contributed by atoms with Crippen molar-refractivity contribution in [2.75, 3.05) is 0 Å². The molecule has 0 amide bonds. The number of hydrogen-bond donors (Lipinski definition) is 1. The Hall–Kier alpha value is -1.25. The molecule has 2 aliphatic rings. The highest BCUT2D eigenvalue weighted by Crippen LogP contribution is 2.52. The molecule has 0 aromatic carbocycles. The average Bonchev–Trinajstić information content (AvgIpc) is 2.84. The van der Waals surface area contributed by atoms with E-state index in [2.05, 4.69) is 0 Å². The molecule has 1 aromatic heterocycles. The van der Waals surface area contributed by atoms with E-state index in [0.29, 0.717) is 11.8 Å². The second-order valence-corrected chi connectivity index (χ2v) is 5.39. The summed E-state index contributed by atoms with van der Waals surface area (Å²) in [4.78, 5) is 11.5. The van der Waals surface area contributed by atoms with Gasteiger partial charge in [-0.3, -0.25) is 4.79 Å². The van der Waals surface area contributed by atoms with Gasteiger partial charge in [0.15, 0.2) is 0 Å². The lowest BCUT2D eigenvalue weighted by Gasteiger charge is -2.23. The van der Waals surface area contributed by atoms with Crippen molar-refractivity contribution in [1.29, 1.82) is 0 Å². The Bertz CT molecular complexity index is 477. The summed E-state index contributed by atoms with van der Waals surface area (Å²) in [6.07, 6.45) is 5.03. The second-order valence-electron chi connectivity index (χ2n) is 5.39. The molecule has 3 atom stereocenters. The zero-order valence-electron chi connectivity index (χ0n) is 9.52. The Morgan fingerprint density at radius 3 is 2.75 bits per heavy atom. The average molecular weight is 219 g/mol. The summed E-state index contributed by atoms with van der Waals surface area (Å²) in [7, 11) is 0. The Labute approximate surface area is 94.7 Å². The van der Waals surface area contributed by atoms with Crippen LogP contribution in [0.5, 0.6) is 0 Å². The topological polar surface area (TPSA) is 42.2 Å². The number of rotatable bonds is 1. The predicted molar refractivity (Wildman–Crippen MR) is 60.8 cm³/mol. The molecule has 86 valence electrons. The molecule has 0 aliphatic heterocycles. The van der Waals surface area contributed by atoms with Gasteiger partial charge in [-0.05, 0) is 49.7 Å². The minimum absolute atomic E-state index is 0.294. The van der Waals surface area contributed by atoms with E-state index in [9.17, 15) is 10.0 Å². The number of hydrogen-bond acceptors (Lipinski definition) is 2. The van der Waals surface area contributed by atoms with Crippen LogP contribution in [0.2, 0.25) is 0 Å². The molecule has 2 bridgehead atoms. The van der Waals surface area contributed by atoms with Crippen LogP contribution >= 0.6 is 0 Å². The number of aromatic nitrogens is 1. The molecule has 3 heteroatoms. The first kappa shape index (κ1) is 9.94. The van der Waals surface area contributed by atoms with Crippen molar-refractivity contribution in [3.8, 4) is 0 Å². The van der Waals surface area contributed by atoms with Gasteiger partial charge in [0.2, 0.25) is 0 Å². The quantitative estimate of drug-likeness (QED) is 0.736. The maximum Gasteiger partial charge on any atom is 0.283 e. The van der Waals surface area contributed by atoms with E-state index < -0.39 is 0 Å². The maximum atomic E-state index is 11.5. The van der Waals surface area contributed by atoms with Crippen LogP contribution in [-0.2, 0) is 0 Å². The molecule has 2 saturated carbocycles. The fraction of sp³-hybridized carbons (Fsp3) is 0.615. The van der Waals surface area contributed by atoms with E-state index >= 15 is 0 Å². The molecule has 2 fully saturated rings. The SMILES string of the molecule is Cc1cc([C@@H]2C[C@@H]3CC[C@H]2C3)n(O)c(=O)c1. The third kappa shape index (κ3) is 1.38. The smallest absolute Gasteiger partial charge is 0.283 e. The largest absolute Gasteiger partial charge is 0.425 e. The molecular formula is C13H17NO2. The molecule has 0 radical (unpaired) electrons. The lowest BCUT2D eigenvalue weighted by atomic mass is 9.86. The van der Waals surface area contributed by atoms with Gasteiger partial charge in [0.05, 0.1) is 5.69 Å². The van der Waals surface area contributed by atoms with Crippen LogP contribution in [0.25, 0.3) is 0 Å². The summed E-state index contributed by atoms with van der Waals surface area (Å²) < 4.78 is 0.859. The maximum absolute atomic E-state index is 11.5. The normalized spacial score (nSPS) is 32.2. The highest BCUT2D eigenvalue weighted by atomic mass is 16.5. The standard InChI is InChI=1S/C13H17NO2/c1-8-4-12(14(16)13(15)5-8)11-7-9-2-3-10(11)6-9/h4-5,9-11,16H,2-3,6-7H2,1H3/t9-,10+,11-/m1/s1. The molecule has 1 N–H and O–H groups in total. The molecule has 0 spiro atoms. The lowest BCUT2D eigenvalue weighted by Crippen LogP contribution is -2.24. The monoisotopic (exact) mass is 219 g/mol. The molecule has 3 rings (SSSR count). The molecule has 16 heavy (non-hydrogen) atoms. The van der Waals surface area contributed by atoms with Gasteiger partial charge >= 0.3 is 0 Å². The number of nitrogens with zero attached hydrogens (tertiary/aromatic N) is 1. The van der Waals surface area contributed by atoms with Crippen LogP contribution in [0, 0.1) is 18.8 Å². The molecule has 0 saturated heterocycles. The minimum Gasteiger partial charge on any atom is -0.425 e. The number of pyridine rings is 1. The van der Waals surface area contributed by atoms with Gasteiger partial charge in [0, 0.05) is 12.0 Å². The molecule has 1 aromatic rings. The number of aryl methyl sites for hydroxylation is 1. The van der Waals surface area contributed by atoms with Gasteiger partial charge in [-0.15, -0.1) is 0 Å². The van der Waals surface area contributed by atoms with Gasteiger partial charge < -0.3 is 5.21 Å². The van der Waals surface area contributed by atoms with Crippen molar-refractivity contribution in [3.05, 3.63) is 33.7 Å². The number of fused-ring (bicyclic) bond motifs is 2. The summed E-state index contributed by atoms with van der Waals surface area (Å²) in [5.41, 5.74) is 1.49. The van der Waals surface area contributed by atoms with Crippen molar-refractivity contribution in [2.45, 2.75) is 38.5 Å². The Morgan fingerprint density at radius 2 is 2.12 bits per heavy atom. The summed E-state index contributed by atoms with van der Waals surface area (Å²) in [5.74, 6) is 1.91. The van der Waals surface area contributed by atoms with E-state index in [-0.39, 0.29) is 5.56 Å². The van der Waals surface area contributed by atoms with E-state index in [1.807, 2.05) is 13.0 Å². The summed E-state index contributed by atoms with van der Waals surface area (Å²) in [6.45, 7) is 1.91. The van der Waals surface area contributed by atoms with Gasteiger partial charge in [-0.25, -0.2) is 0 Å². The fourth-order valence-corrected chi connectivity index (χ4v) is 3.59. The molecular weight excluding hydrogens is 202 g/mol. The summed E-state index contributed by atoms with van der Waals surface area (Å²) in [6, 6.07) is 3.45. The van der Waals surface area contributed by atoms with Crippen molar-refractivity contribution in [3.63, 3.8) is 0 Å². The third-order valence-electron chi connectivity index (χ3n) is 4.30. The molecule has 3 nitrogen and oxygen atoms in total. The zero-order chi connectivity index (χ0) is 11.3. The third-order valence-corrected chi connectivity index (χ3v) is 4.30. The Balaban J connectivity index is 2.04. The Kier molecular flexibility index (Phi) is 2.09. The first-order valence-electron chi connectivity index (χ1n) is 6.08. The van der Waals surface area contributed by atoms with Crippen LogP contribution in [0.3, 0.4) is 0 Å². The molecule has 0 unspecified atom stereocenters. The highest BCUT2D eigenvalue weighted by molar-refractivity contribution is 5.21. The van der Waals surface area contributed by atoms with Crippen molar-refractivity contribution >= 4 is 0 Å². The highest BCUT2D eigenvalue weighted by Gasteiger charge is 2.41. The van der Waals surface area contributed by atoms with Crippen LogP contribution in [0.15, 0.2) is 16.9 Å². The first-order valence-corrected chi connectivity index (χ1v) is 6.08. The Morgan fingerprint density at radius 1 is 1.31 bits per heavy atom. The minimum atomic E-state index is -0.294. The van der Waals surface area contributed by atoms with Crippen LogP contribution in [0.4, 0.5) is 0 Å². The van der Waals surface area contributed by atoms with Crippen LogP contribution in [0.1, 0.15) is 42.9 Å². The lowest BCUT2D eigenvalue weighted by molar-refractivity contribution is 0.155. The molecule has 2 aliphatic carbocycles. The van der Waals surface area contributed by atoms with Gasteiger partial charge in [-0.2, -0.15) is 4.73 Å². The van der Waals surface area contributed by atoms with Gasteiger partial charge in [-0.1, -0.05) is 6.42 Å². The van der Waals surface area contributed by atoms with Crippen LogP contribution < -0.4 is 5.56 Å². The summed E-state index contributed by atoms with van der Waals surface area (Å²) >= 11 is 0. The van der Waals surface area contributed by atoms with Crippen molar-refractivity contribution in [2.24, 2.45) is 11.8 Å². The first-order chi connectivity index (χ1) is 7.65. The van der Waals surface area contributed by atoms with Crippen molar-refractivity contribution < 1.29 is 5.21 Å². The zero-order valence-corrected chi connectivity index (χ0v) is 9.52. The van der Waals surface area contributed by atoms with E-state index in [4.69, 9.17) is 0 Å². The predicted octanol–water partition coefficient (Wildman–Crippen LogP) is 2.30. The van der Waals surface area contributed by atoms with E-state index in [0.717, 1.165) is 28.3 Å². The summed E-state index contributed by atoms with van der Waals surface area (Å²) in [5, 5.41) is 9.81. The van der Waals surface area contributed by atoms with E-state index in [1.165, 1.54) is 25.3 Å². The molecule has 1 heterocycles. The van der Waals surface area contributed by atoms with Crippen LogP contribution in [-0.4, -0.2) is 9.94 Å². The van der Waals surface area contributed by atoms with Crippen molar-refractivity contribution in [1.82, 2.24) is 4.73 Å². The van der Waals surface area contributed by atoms with Gasteiger partial charge in [0.25, 0.3) is 5.56 Å². The van der Waals surface area contributed by atoms with E-state index in [1.54, 1.807) is 0 Å². The second kappa shape index (κ2) is 3.37. The van der Waals surface area contributed by atoms with Gasteiger partial charge in [0.1, 0.15) is 0 Å².